The third-order valence-electron chi connectivity index (χ3n) is 1.68. The molecule has 0 saturated carbocycles. The highest BCUT2D eigenvalue weighted by atomic mass is 19.1. The van der Waals surface area contributed by atoms with Crippen molar-refractivity contribution in [3.63, 3.8) is 0 Å². The van der Waals surface area contributed by atoms with Crippen LogP contribution in [0, 0.1) is 12.7 Å². The molecule has 0 amide bonds. The van der Waals surface area contributed by atoms with Gasteiger partial charge in [-0.2, -0.15) is 0 Å². The monoisotopic (exact) mass is 167 g/mol. The summed E-state index contributed by atoms with van der Waals surface area (Å²) in [6, 6.07) is 4.70. The van der Waals surface area contributed by atoms with Crippen molar-refractivity contribution in [1.82, 2.24) is 0 Å². The number of ketones is 1. The van der Waals surface area contributed by atoms with Crippen molar-refractivity contribution in [3.8, 4) is 0 Å². The zero-order valence-corrected chi connectivity index (χ0v) is 6.80. The van der Waals surface area contributed by atoms with E-state index in [0.29, 0.717) is 5.56 Å². The molecule has 0 heterocycles. The molecule has 3 heteroatoms. The van der Waals surface area contributed by atoms with Gasteiger partial charge in [-0.15, -0.1) is 0 Å². The van der Waals surface area contributed by atoms with Gasteiger partial charge >= 0.3 is 0 Å². The summed E-state index contributed by atoms with van der Waals surface area (Å²) in [6.45, 7) is 1.46. The Kier molecular flexibility index (Phi) is 2.55. The molecule has 64 valence electrons. The quantitative estimate of drug-likeness (QED) is 0.674. The highest BCUT2D eigenvalue weighted by Crippen LogP contribution is 2.11. The van der Waals surface area contributed by atoms with Crippen molar-refractivity contribution >= 4 is 5.78 Å². The number of carbonyl (C=O) groups is 1. The van der Waals surface area contributed by atoms with Gasteiger partial charge in [0.2, 0.25) is 0 Å². The zero-order valence-electron chi connectivity index (χ0n) is 6.80. The van der Waals surface area contributed by atoms with E-state index in [2.05, 4.69) is 0 Å². The first-order chi connectivity index (χ1) is 5.66. The Morgan fingerprint density at radius 3 is 2.83 bits per heavy atom. The summed E-state index contributed by atoms with van der Waals surface area (Å²) in [5.74, 6) is -0.829. The lowest BCUT2D eigenvalue weighted by Gasteiger charge is -2.01. The van der Waals surface area contributed by atoms with Gasteiger partial charge in [0.05, 0.1) is 12.1 Å². The third kappa shape index (κ3) is 1.51. The topological polar surface area (TPSA) is 43.1 Å². The molecule has 1 rings (SSSR count). The normalized spacial score (nSPS) is 9.92. The minimum absolute atomic E-state index is 0.0810. The van der Waals surface area contributed by atoms with E-state index in [4.69, 9.17) is 5.73 Å². The number of hydrogen-bond donors (Lipinski definition) is 1. The fourth-order valence-electron chi connectivity index (χ4n) is 0.973. The molecule has 0 aromatic heterocycles. The van der Waals surface area contributed by atoms with Gasteiger partial charge < -0.3 is 5.73 Å². The molecule has 0 aliphatic heterocycles. The minimum Gasteiger partial charge on any atom is -0.324 e. The lowest BCUT2D eigenvalue weighted by molar-refractivity contribution is 0.0997. The molecule has 0 atom stereocenters. The standard InChI is InChI=1S/C9H10FNO/c1-6-3-2-4-7(9(6)10)8(12)5-11/h2-4H,5,11H2,1H3. The second-order valence-corrected chi connectivity index (χ2v) is 2.56. The number of benzene rings is 1. The van der Waals surface area contributed by atoms with Gasteiger partial charge in [-0.05, 0) is 18.6 Å². The number of hydrogen-bond acceptors (Lipinski definition) is 2. The highest BCUT2D eigenvalue weighted by molar-refractivity contribution is 5.97. The number of aryl methyl sites for hydroxylation is 1. The summed E-state index contributed by atoms with van der Waals surface area (Å²) in [5.41, 5.74) is 5.65. The lowest BCUT2D eigenvalue weighted by Crippen LogP contribution is -2.15. The van der Waals surface area contributed by atoms with Crippen LogP contribution in [0.4, 0.5) is 4.39 Å². The first kappa shape index (κ1) is 8.87. The van der Waals surface area contributed by atoms with Crippen molar-refractivity contribution in [1.29, 1.82) is 0 Å². The van der Waals surface area contributed by atoms with E-state index in [9.17, 15) is 9.18 Å². The molecule has 0 spiro atoms. The summed E-state index contributed by atoms with van der Waals surface area (Å²) < 4.78 is 13.2. The van der Waals surface area contributed by atoms with Crippen molar-refractivity contribution in [3.05, 3.63) is 35.1 Å². The average Bonchev–Trinajstić information content (AvgIpc) is 2.08. The Morgan fingerprint density at radius 1 is 1.58 bits per heavy atom. The highest BCUT2D eigenvalue weighted by Gasteiger charge is 2.10. The van der Waals surface area contributed by atoms with Crippen LogP contribution in [0.1, 0.15) is 15.9 Å². The smallest absolute Gasteiger partial charge is 0.179 e. The summed E-state index contributed by atoms with van der Waals surface area (Å²) in [4.78, 5) is 11.0. The Balaban J connectivity index is 3.16. The molecule has 12 heavy (non-hydrogen) atoms. The molecule has 0 radical (unpaired) electrons. The maximum absolute atomic E-state index is 13.2. The molecular weight excluding hydrogens is 157 g/mol. The van der Waals surface area contributed by atoms with E-state index in [1.807, 2.05) is 0 Å². The van der Waals surface area contributed by atoms with Gasteiger partial charge in [0, 0.05) is 0 Å². The number of Topliss-reactive ketones (excluding diaryl/α,β-unsaturated/α-hetero) is 1. The van der Waals surface area contributed by atoms with Gasteiger partial charge in [0.1, 0.15) is 5.82 Å². The zero-order chi connectivity index (χ0) is 9.14. The molecule has 1 aromatic rings. The second kappa shape index (κ2) is 3.45. The van der Waals surface area contributed by atoms with Crippen LogP contribution in [0.15, 0.2) is 18.2 Å². The van der Waals surface area contributed by atoms with Gasteiger partial charge in [-0.25, -0.2) is 4.39 Å². The fourth-order valence-corrected chi connectivity index (χ4v) is 0.973. The molecule has 0 bridgehead atoms. The van der Waals surface area contributed by atoms with E-state index in [1.54, 1.807) is 19.1 Å². The molecule has 2 N–H and O–H groups in total. The van der Waals surface area contributed by atoms with Crippen LogP contribution in [0.3, 0.4) is 0 Å². The van der Waals surface area contributed by atoms with Crippen molar-refractivity contribution in [2.24, 2.45) is 5.73 Å². The number of halogens is 1. The van der Waals surface area contributed by atoms with Crippen LogP contribution in [0.2, 0.25) is 0 Å². The molecule has 0 aliphatic carbocycles. The molecule has 0 unspecified atom stereocenters. The van der Waals surface area contributed by atoms with Gasteiger partial charge in [0.15, 0.2) is 5.78 Å². The average molecular weight is 167 g/mol. The lowest BCUT2D eigenvalue weighted by atomic mass is 10.1. The maximum Gasteiger partial charge on any atom is 0.179 e. The van der Waals surface area contributed by atoms with Crippen LogP contribution in [-0.2, 0) is 0 Å². The van der Waals surface area contributed by atoms with E-state index in [1.165, 1.54) is 6.07 Å². The second-order valence-electron chi connectivity index (χ2n) is 2.56. The summed E-state index contributed by atoms with van der Waals surface area (Å²) in [6.07, 6.45) is 0. The Morgan fingerprint density at radius 2 is 2.25 bits per heavy atom. The van der Waals surface area contributed by atoms with E-state index >= 15 is 0 Å². The van der Waals surface area contributed by atoms with Crippen molar-refractivity contribution in [2.45, 2.75) is 6.92 Å². The molecule has 1 aromatic carbocycles. The fraction of sp³-hybridized carbons (Fsp3) is 0.222. The SMILES string of the molecule is Cc1cccc(C(=O)CN)c1F. The van der Waals surface area contributed by atoms with E-state index < -0.39 is 5.82 Å². The predicted octanol–water partition coefficient (Wildman–Crippen LogP) is 1.28. The summed E-state index contributed by atoms with van der Waals surface area (Å²) >= 11 is 0. The van der Waals surface area contributed by atoms with Crippen LogP contribution in [0.25, 0.3) is 0 Å². The van der Waals surface area contributed by atoms with Crippen molar-refractivity contribution < 1.29 is 9.18 Å². The molecule has 0 aliphatic rings. The van der Waals surface area contributed by atoms with E-state index in [0.717, 1.165) is 0 Å². The minimum atomic E-state index is -0.465. The van der Waals surface area contributed by atoms with Crippen LogP contribution >= 0.6 is 0 Å². The Bertz CT molecular complexity index is 309. The van der Waals surface area contributed by atoms with Gasteiger partial charge in [0.25, 0.3) is 0 Å². The van der Waals surface area contributed by atoms with Crippen molar-refractivity contribution in [2.75, 3.05) is 6.54 Å². The van der Waals surface area contributed by atoms with Crippen LogP contribution in [0.5, 0.6) is 0 Å². The number of carbonyl (C=O) groups excluding carboxylic acids is 1. The largest absolute Gasteiger partial charge is 0.324 e. The first-order valence-corrected chi connectivity index (χ1v) is 3.65. The van der Waals surface area contributed by atoms with Gasteiger partial charge in [-0.1, -0.05) is 12.1 Å². The molecular formula is C9H10FNO. The summed E-state index contributed by atoms with van der Waals surface area (Å²) in [7, 11) is 0. The first-order valence-electron chi connectivity index (χ1n) is 3.65. The molecule has 0 fully saturated rings. The predicted molar refractivity (Wildman–Crippen MR) is 44.5 cm³/mol. The Labute approximate surface area is 70.2 Å². The van der Waals surface area contributed by atoms with Crippen LogP contribution in [-0.4, -0.2) is 12.3 Å². The van der Waals surface area contributed by atoms with Crippen LogP contribution < -0.4 is 5.73 Å². The third-order valence-corrected chi connectivity index (χ3v) is 1.68. The summed E-state index contributed by atoms with van der Waals surface area (Å²) in [5, 5.41) is 0. The molecule has 2 nitrogen and oxygen atoms in total. The maximum atomic E-state index is 13.2. The van der Waals surface area contributed by atoms with Gasteiger partial charge in [-0.3, -0.25) is 4.79 Å². The Hall–Kier alpha value is -1.22. The molecule has 0 saturated heterocycles. The van der Waals surface area contributed by atoms with E-state index in [-0.39, 0.29) is 17.9 Å². The number of rotatable bonds is 2. The number of nitrogens with two attached hydrogens (primary N) is 1.